The summed E-state index contributed by atoms with van der Waals surface area (Å²) in [5.74, 6) is 0.520. The van der Waals surface area contributed by atoms with Gasteiger partial charge in [0.2, 0.25) is 0 Å². The van der Waals surface area contributed by atoms with E-state index in [4.69, 9.17) is 9.47 Å². The van der Waals surface area contributed by atoms with Gasteiger partial charge in [0.1, 0.15) is 0 Å². The molecule has 2 aliphatic heterocycles. The summed E-state index contributed by atoms with van der Waals surface area (Å²) in [6.45, 7) is 3.96. The van der Waals surface area contributed by atoms with E-state index in [2.05, 4.69) is 10.6 Å². The molecule has 2 fully saturated rings. The van der Waals surface area contributed by atoms with Gasteiger partial charge in [-0.1, -0.05) is 0 Å². The summed E-state index contributed by atoms with van der Waals surface area (Å²) in [6.07, 6.45) is 2.79. The Hall–Kier alpha value is -0.810. The van der Waals surface area contributed by atoms with Gasteiger partial charge in [-0.3, -0.25) is 0 Å². The molecule has 0 aliphatic carbocycles. The Bertz CT molecular complexity index is 223. The zero-order valence-corrected chi connectivity index (χ0v) is 9.54. The summed E-state index contributed by atoms with van der Waals surface area (Å²) in [4.78, 5) is 11.4. The Kier molecular flexibility index (Phi) is 4.42. The summed E-state index contributed by atoms with van der Waals surface area (Å²) in [5.41, 5.74) is 0. The van der Waals surface area contributed by atoms with E-state index in [0.717, 1.165) is 39.0 Å². The number of carbonyl (C=O) groups excluding carboxylic acids is 1. The lowest BCUT2D eigenvalue weighted by atomic mass is 9.99. The maximum Gasteiger partial charge on any atom is 0.407 e. The van der Waals surface area contributed by atoms with Crippen LogP contribution in [0.15, 0.2) is 0 Å². The number of hydrogen-bond acceptors (Lipinski definition) is 4. The molecule has 5 heteroatoms. The monoisotopic (exact) mass is 228 g/mol. The van der Waals surface area contributed by atoms with Gasteiger partial charge >= 0.3 is 6.09 Å². The SMILES string of the molecule is O=C(NC1CCOC1)OCC1CCNCC1. The summed E-state index contributed by atoms with van der Waals surface area (Å²) < 4.78 is 10.4. The number of alkyl carbamates (subject to hydrolysis) is 1. The number of nitrogens with one attached hydrogen (secondary N) is 2. The molecule has 1 unspecified atom stereocenters. The molecule has 0 bridgehead atoms. The summed E-state index contributed by atoms with van der Waals surface area (Å²) in [6, 6.07) is 0.139. The first kappa shape index (κ1) is 11.7. The third-order valence-electron chi connectivity index (χ3n) is 3.16. The number of piperidine rings is 1. The summed E-state index contributed by atoms with van der Waals surface area (Å²) in [7, 11) is 0. The van der Waals surface area contributed by atoms with Gasteiger partial charge in [0.05, 0.1) is 19.3 Å². The highest BCUT2D eigenvalue weighted by Gasteiger charge is 2.20. The van der Waals surface area contributed by atoms with Crippen LogP contribution in [0.25, 0.3) is 0 Å². The average Bonchev–Trinajstić information content (AvgIpc) is 2.81. The molecule has 0 aromatic carbocycles. The van der Waals surface area contributed by atoms with Crippen molar-refractivity contribution in [1.82, 2.24) is 10.6 Å². The zero-order valence-electron chi connectivity index (χ0n) is 9.54. The first-order chi connectivity index (χ1) is 7.84. The van der Waals surface area contributed by atoms with E-state index in [1.165, 1.54) is 0 Å². The van der Waals surface area contributed by atoms with Crippen molar-refractivity contribution in [2.45, 2.75) is 25.3 Å². The second-order valence-corrected chi connectivity index (χ2v) is 4.50. The van der Waals surface area contributed by atoms with Gasteiger partial charge in [0.25, 0.3) is 0 Å². The molecule has 2 aliphatic rings. The van der Waals surface area contributed by atoms with Crippen molar-refractivity contribution >= 4 is 6.09 Å². The minimum atomic E-state index is -0.297. The van der Waals surface area contributed by atoms with Gasteiger partial charge in [0, 0.05) is 6.61 Å². The molecule has 2 N–H and O–H groups in total. The molecule has 1 atom stereocenters. The van der Waals surface area contributed by atoms with Crippen LogP contribution in [-0.4, -0.2) is 45.0 Å². The fourth-order valence-electron chi connectivity index (χ4n) is 2.10. The number of hydrogen-bond donors (Lipinski definition) is 2. The van der Waals surface area contributed by atoms with E-state index in [-0.39, 0.29) is 12.1 Å². The first-order valence-corrected chi connectivity index (χ1v) is 6.06. The Labute approximate surface area is 95.9 Å². The van der Waals surface area contributed by atoms with Crippen molar-refractivity contribution in [3.8, 4) is 0 Å². The third kappa shape index (κ3) is 3.64. The van der Waals surface area contributed by atoms with Crippen molar-refractivity contribution in [2.75, 3.05) is 32.9 Å². The van der Waals surface area contributed by atoms with Crippen molar-refractivity contribution < 1.29 is 14.3 Å². The van der Waals surface area contributed by atoms with Crippen molar-refractivity contribution in [3.05, 3.63) is 0 Å². The Morgan fingerprint density at radius 1 is 1.38 bits per heavy atom. The summed E-state index contributed by atoms with van der Waals surface area (Å²) in [5, 5.41) is 6.11. The van der Waals surface area contributed by atoms with E-state index >= 15 is 0 Å². The molecule has 2 rings (SSSR count). The minimum absolute atomic E-state index is 0.139. The van der Waals surface area contributed by atoms with Crippen molar-refractivity contribution in [1.29, 1.82) is 0 Å². The van der Waals surface area contributed by atoms with E-state index < -0.39 is 0 Å². The fraction of sp³-hybridized carbons (Fsp3) is 0.909. The number of rotatable bonds is 3. The van der Waals surface area contributed by atoms with Crippen LogP contribution >= 0.6 is 0 Å². The highest BCUT2D eigenvalue weighted by molar-refractivity contribution is 5.67. The molecular formula is C11H20N2O3. The van der Waals surface area contributed by atoms with Gasteiger partial charge in [-0.15, -0.1) is 0 Å². The standard InChI is InChI=1S/C11H20N2O3/c14-11(13-10-3-6-15-8-10)16-7-9-1-4-12-5-2-9/h9-10,12H,1-8H2,(H,13,14). The molecule has 2 heterocycles. The van der Waals surface area contributed by atoms with Gasteiger partial charge < -0.3 is 20.1 Å². The molecule has 0 saturated carbocycles. The first-order valence-electron chi connectivity index (χ1n) is 6.06. The predicted molar refractivity (Wildman–Crippen MR) is 59.3 cm³/mol. The molecule has 0 aromatic heterocycles. The zero-order chi connectivity index (χ0) is 11.2. The maximum absolute atomic E-state index is 11.4. The molecule has 0 radical (unpaired) electrons. The Balaban J connectivity index is 1.59. The van der Waals surface area contributed by atoms with Gasteiger partial charge in [-0.05, 0) is 38.3 Å². The van der Waals surface area contributed by atoms with Crippen LogP contribution in [-0.2, 0) is 9.47 Å². The van der Waals surface area contributed by atoms with Crippen LogP contribution in [0.5, 0.6) is 0 Å². The number of amides is 1. The highest BCUT2D eigenvalue weighted by Crippen LogP contribution is 2.12. The second-order valence-electron chi connectivity index (χ2n) is 4.50. The second kappa shape index (κ2) is 6.06. The van der Waals surface area contributed by atoms with Crippen molar-refractivity contribution in [3.63, 3.8) is 0 Å². The third-order valence-corrected chi connectivity index (χ3v) is 3.16. The fourth-order valence-corrected chi connectivity index (χ4v) is 2.10. The smallest absolute Gasteiger partial charge is 0.407 e. The molecule has 0 aromatic rings. The molecule has 0 spiro atoms. The van der Waals surface area contributed by atoms with Crippen LogP contribution in [0.2, 0.25) is 0 Å². The molecule has 92 valence electrons. The molecule has 1 amide bonds. The average molecular weight is 228 g/mol. The Morgan fingerprint density at radius 3 is 2.88 bits per heavy atom. The quantitative estimate of drug-likeness (QED) is 0.738. The normalized spacial score (nSPS) is 26.6. The van der Waals surface area contributed by atoms with Crippen LogP contribution < -0.4 is 10.6 Å². The Morgan fingerprint density at radius 2 is 2.19 bits per heavy atom. The van der Waals surface area contributed by atoms with Crippen LogP contribution in [0.4, 0.5) is 4.79 Å². The summed E-state index contributed by atoms with van der Waals surface area (Å²) >= 11 is 0. The number of carbonyl (C=O) groups is 1. The lowest BCUT2D eigenvalue weighted by molar-refractivity contribution is 0.113. The highest BCUT2D eigenvalue weighted by atomic mass is 16.5. The molecule has 5 nitrogen and oxygen atoms in total. The largest absolute Gasteiger partial charge is 0.449 e. The minimum Gasteiger partial charge on any atom is -0.449 e. The van der Waals surface area contributed by atoms with Gasteiger partial charge in [-0.2, -0.15) is 0 Å². The van der Waals surface area contributed by atoms with Gasteiger partial charge in [0.15, 0.2) is 0 Å². The van der Waals surface area contributed by atoms with E-state index in [1.54, 1.807) is 0 Å². The topological polar surface area (TPSA) is 59.6 Å². The van der Waals surface area contributed by atoms with Gasteiger partial charge in [-0.25, -0.2) is 4.79 Å². The maximum atomic E-state index is 11.4. The van der Waals surface area contributed by atoms with Crippen molar-refractivity contribution in [2.24, 2.45) is 5.92 Å². The predicted octanol–water partition coefficient (Wildman–Crippen LogP) is 0.501. The molecular weight excluding hydrogens is 208 g/mol. The van der Waals surface area contributed by atoms with Crippen LogP contribution in [0, 0.1) is 5.92 Å². The molecule has 16 heavy (non-hydrogen) atoms. The van der Waals surface area contributed by atoms with Crippen LogP contribution in [0.1, 0.15) is 19.3 Å². The molecule has 2 saturated heterocycles. The van der Waals surface area contributed by atoms with E-state index in [0.29, 0.717) is 19.1 Å². The lowest BCUT2D eigenvalue weighted by Crippen LogP contribution is -2.37. The van der Waals surface area contributed by atoms with E-state index in [1.807, 2.05) is 0 Å². The van der Waals surface area contributed by atoms with E-state index in [9.17, 15) is 4.79 Å². The lowest BCUT2D eigenvalue weighted by Gasteiger charge is -2.22. The number of ether oxygens (including phenoxy) is 2. The van der Waals surface area contributed by atoms with Crippen LogP contribution in [0.3, 0.4) is 0 Å².